The minimum absolute atomic E-state index is 0.0707. The van der Waals surface area contributed by atoms with Crippen molar-refractivity contribution in [3.63, 3.8) is 0 Å². The molecule has 0 atom stereocenters. The number of halogens is 1. The molecule has 0 bridgehead atoms. The van der Waals surface area contributed by atoms with Gasteiger partial charge in [-0.15, -0.1) is 11.3 Å². The Morgan fingerprint density at radius 2 is 1.85 bits per heavy atom. The highest BCUT2D eigenvalue weighted by Gasteiger charge is 2.13. The third-order valence-electron chi connectivity index (χ3n) is 4.67. The van der Waals surface area contributed by atoms with E-state index < -0.39 is 0 Å². The quantitative estimate of drug-likeness (QED) is 0.645. The van der Waals surface area contributed by atoms with Gasteiger partial charge in [-0.2, -0.15) is 0 Å². The number of amides is 1. The molecule has 0 unspecified atom stereocenters. The summed E-state index contributed by atoms with van der Waals surface area (Å²) in [7, 11) is 0. The average Bonchev–Trinajstić information content (AvgIpc) is 3.11. The van der Waals surface area contributed by atoms with Crippen molar-refractivity contribution in [3.8, 4) is 11.3 Å². The minimum Gasteiger partial charge on any atom is -0.302 e. The van der Waals surface area contributed by atoms with Gasteiger partial charge in [0.2, 0.25) is 5.91 Å². The highest BCUT2D eigenvalue weighted by atomic mass is 35.5. The van der Waals surface area contributed by atoms with Gasteiger partial charge in [-0.3, -0.25) is 4.79 Å². The van der Waals surface area contributed by atoms with Gasteiger partial charge in [0.15, 0.2) is 5.13 Å². The molecule has 0 saturated heterocycles. The van der Waals surface area contributed by atoms with E-state index >= 15 is 0 Å². The van der Waals surface area contributed by atoms with Gasteiger partial charge in [0, 0.05) is 16.0 Å². The maximum atomic E-state index is 12.2. The van der Waals surface area contributed by atoms with Crippen molar-refractivity contribution in [1.29, 1.82) is 0 Å². The second-order valence-corrected chi connectivity index (χ2v) is 7.87. The Morgan fingerprint density at radius 1 is 1.08 bits per heavy atom. The number of benzene rings is 2. The van der Waals surface area contributed by atoms with Crippen molar-refractivity contribution in [3.05, 3.63) is 69.6 Å². The SMILES string of the molecule is O=C(Cc1ccc(Cl)cc1)Nc1nc(-c2ccc3c(c2)CCCC3)cs1. The van der Waals surface area contributed by atoms with Gasteiger partial charge in [-0.25, -0.2) is 4.98 Å². The molecule has 1 aliphatic carbocycles. The molecule has 0 aliphatic heterocycles. The largest absolute Gasteiger partial charge is 0.302 e. The van der Waals surface area contributed by atoms with Crippen LogP contribution >= 0.6 is 22.9 Å². The third kappa shape index (κ3) is 3.97. The van der Waals surface area contributed by atoms with Crippen LogP contribution in [0.4, 0.5) is 5.13 Å². The molecule has 3 nitrogen and oxygen atoms in total. The van der Waals surface area contributed by atoms with Crippen LogP contribution in [0.3, 0.4) is 0 Å². The smallest absolute Gasteiger partial charge is 0.230 e. The van der Waals surface area contributed by atoms with E-state index in [0.29, 0.717) is 16.6 Å². The predicted molar refractivity (Wildman–Crippen MR) is 108 cm³/mol. The Hall–Kier alpha value is -2.17. The lowest BCUT2D eigenvalue weighted by molar-refractivity contribution is -0.115. The van der Waals surface area contributed by atoms with Crippen molar-refractivity contribution in [2.75, 3.05) is 5.32 Å². The minimum atomic E-state index is -0.0707. The van der Waals surface area contributed by atoms with Crippen LogP contribution in [-0.4, -0.2) is 10.9 Å². The van der Waals surface area contributed by atoms with E-state index in [1.807, 2.05) is 17.5 Å². The zero-order valence-corrected chi connectivity index (χ0v) is 15.9. The van der Waals surface area contributed by atoms with Crippen LogP contribution in [-0.2, 0) is 24.1 Å². The molecule has 1 amide bonds. The number of nitrogens with zero attached hydrogens (tertiary/aromatic N) is 1. The van der Waals surface area contributed by atoms with Gasteiger partial charge in [-0.1, -0.05) is 35.9 Å². The van der Waals surface area contributed by atoms with Crippen LogP contribution in [0.1, 0.15) is 29.5 Å². The Bertz CT molecular complexity index is 933. The van der Waals surface area contributed by atoms with Crippen LogP contribution in [0.25, 0.3) is 11.3 Å². The molecule has 0 fully saturated rings. The molecule has 4 rings (SSSR count). The predicted octanol–water partition coefficient (Wildman–Crippen LogP) is 5.52. The number of thiazole rings is 1. The molecular formula is C21H19ClN2OS. The second kappa shape index (κ2) is 7.60. The molecule has 1 aliphatic rings. The fourth-order valence-corrected chi connectivity index (χ4v) is 4.17. The maximum Gasteiger partial charge on any atom is 0.230 e. The van der Waals surface area contributed by atoms with Gasteiger partial charge < -0.3 is 5.32 Å². The van der Waals surface area contributed by atoms with E-state index in [1.54, 1.807) is 12.1 Å². The van der Waals surface area contributed by atoms with E-state index in [0.717, 1.165) is 23.2 Å². The highest BCUT2D eigenvalue weighted by Crippen LogP contribution is 2.29. The molecule has 132 valence electrons. The van der Waals surface area contributed by atoms with E-state index in [2.05, 4.69) is 28.5 Å². The summed E-state index contributed by atoms with van der Waals surface area (Å²) in [5, 5.41) is 6.20. The number of carbonyl (C=O) groups excluding carboxylic acids is 1. The van der Waals surface area contributed by atoms with Gasteiger partial charge in [0.1, 0.15) is 0 Å². The first-order valence-corrected chi connectivity index (χ1v) is 10.1. The number of carbonyl (C=O) groups is 1. The van der Waals surface area contributed by atoms with Crippen molar-refractivity contribution < 1.29 is 4.79 Å². The van der Waals surface area contributed by atoms with Crippen molar-refractivity contribution in [1.82, 2.24) is 4.98 Å². The van der Waals surface area contributed by atoms with Crippen LogP contribution in [0, 0.1) is 0 Å². The standard InChI is InChI=1S/C21H19ClN2OS/c22-18-9-5-14(6-10-18)11-20(25)24-21-23-19(13-26-21)17-8-7-15-3-1-2-4-16(15)12-17/h5-10,12-13H,1-4,11H2,(H,23,24,25). The van der Waals surface area contributed by atoms with Gasteiger partial charge >= 0.3 is 0 Å². The lowest BCUT2D eigenvalue weighted by atomic mass is 9.90. The maximum absolute atomic E-state index is 12.2. The molecule has 0 saturated carbocycles. The highest BCUT2D eigenvalue weighted by molar-refractivity contribution is 7.14. The first kappa shape index (κ1) is 17.3. The first-order valence-electron chi connectivity index (χ1n) is 8.79. The van der Waals surface area contributed by atoms with Crippen molar-refractivity contribution in [2.45, 2.75) is 32.1 Å². The number of rotatable bonds is 4. The molecule has 0 radical (unpaired) electrons. The molecule has 26 heavy (non-hydrogen) atoms. The summed E-state index contributed by atoms with van der Waals surface area (Å²) in [6.45, 7) is 0. The summed E-state index contributed by atoms with van der Waals surface area (Å²) in [4.78, 5) is 16.8. The van der Waals surface area contributed by atoms with E-state index in [1.165, 1.54) is 41.7 Å². The summed E-state index contributed by atoms with van der Waals surface area (Å²) in [6, 6.07) is 13.9. The molecule has 1 N–H and O–H groups in total. The Balaban J connectivity index is 1.44. The number of hydrogen-bond donors (Lipinski definition) is 1. The van der Waals surface area contributed by atoms with Gasteiger partial charge in [-0.05, 0) is 60.6 Å². The summed E-state index contributed by atoms with van der Waals surface area (Å²) < 4.78 is 0. The van der Waals surface area contributed by atoms with E-state index in [-0.39, 0.29) is 5.91 Å². The van der Waals surface area contributed by atoms with Crippen LogP contribution < -0.4 is 5.32 Å². The molecule has 0 spiro atoms. The molecular weight excluding hydrogens is 364 g/mol. The number of fused-ring (bicyclic) bond motifs is 1. The monoisotopic (exact) mass is 382 g/mol. The number of hydrogen-bond acceptors (Lipinski definition) is 3. The van der Waals surface area contributed by atoms with Crippen LogP contribution in [0.2, 0.25) is 5.02 Å². The lowest BCUT2D eigenvalue weighted by Crippen LogP contribution is -2.14. The molecule has 5 heteroatoms. The van der Waals surface area contributed by atoms with E-state index in [4.69, 9.17) is 11.6 Å². The van der Waals surface area contributed by atoms with Gasteiger partial charge in [0.25, 0.3) is 0 Å². The number of anilines is 1. The third-order valence-corrected chi connectivity index (χ3v) is 5.68. The molecule has 3 aromatic rings. The summed E-state index contributed by atoms with van der Waals surface area (Å²) in [5.74, 6) is -0.0707. The Labute approximate surface area is 162 Å². The first-order chi connectivity index (χ1) is 12.7. The normalized spacial score (nSPS) is 13.3. The summed E-state index contributed by atoms with van der Waals surface area (Å²) in [6.07, 6.45) is 5.19. The lowest BCUT2D eigenvalue weighted by Gasteiger charge is -2.16. The van der Waals surface area contributed by atoms with Crippen LogP contribution in [0.15, 0.2) is 47.8 Å². The van der Waals surface area contributed by atoms with Gasteiger partial charge in [0.05, 0.1) is 12.1 Å². The summed E-state index contributed by atoms with van der Waals surface area (Å²) in [5.41, 5.74) is 5.88. The molecule has 1 aromatic heterocycles. The molecule has 2 aromatic carbocycles. The van der Waals surface area contributed by atoms with Crippen molar-refractivity contribution >= 4 is 34.0 Å². The number of aryl methyl sites for hydroxylation is 2. The van der Waals surface area contributed by atoms with Crippen LogP contribution in [0.5, 0.6) is 0 Å². The zero-order chi connectivity index (χ0) is 17.9. The fraction of sp³-hybridized carbons (Fsp3) is 0.238. The van der Waals surface area contributed by atoms with E-state index in [9.17, 15) is 4.79 Å². The average molecular weight is 383 g/mol. The molecule has 1 heterocycles. The number of aromatic nitrogens is 1. The summed E-state index contributed by atoms with van der Waals surface area (Å²) >= 11 is 7.33. The fourth-order valence-electron chi connectivity index (χ4n) is 3.31. The Kier molecular flexibility index (Phi) is 5.05. The second-order valence-electron chi connectivity index (χ2n) is 6.58. The topological polar surface area (TPSA) is 42.0 Å². The number of nitrogens with one attached hydrogen (secondary N) is 1. The zero-order valence-electron chi connectivity index (χ0n) is 14.3. The Morgan fingerprint density at radius 3 is 2.65 bits per heavy atom. The van der Waals surface area contributed by atoms with Crippen molar-refractivity contribution in [2.24, 2.45) is 0 Å².